The summed E-state index contributed by atoms with van der Waals surface area (Å²) >= 11 is 0. The smallest absolute Gasteiger partial charge is 0.0706 e. The molecule has 1 aliphatic carbocycles. The molecule has 0 radical (unpaired) electrons. The van der Waals surface area contributed by atoms with Gasteiger partial charge in [0.05, 0.1) is 11.4 Å². The molecule has 9 rings (SSSR count). The Hall–Kier alpha value is -7.42. The highest BCUT2D eigenvalue weighted by atomic mass is 14.9. The Morgan fingerprint density at radius 1 is 0.452 bits per heavy atom. The summed E-state index contributed by atoms with van der Waals surface area (Å²) < 4.78 is 0. The van der Waals surface area contributed by atoms with Gasteiger partial charge in [-0.15, -0.1) is 6.58 Å². The van der Waals surface area contributed by atoms with Crippen LogP contribution in [0.2, 0.25) is 0 Å². The van der Waals surface area contributed by atoms with Crippen LogP contribution in [0, 0.1) is 0 Å². The fraction of sp³-hybridized carbons (Fsp3) is 0.100. The molecule has 0 saturated carbocycles. The van der Waals surface area contributed by atoms with Crippen LogP contribution < -0.4 is 10.6 Å². The number of fused-ring (bicyclic) bond motifs is 5. The summed E-state index contributed by atoms with van der Waals surface area (Å²) in [5.74, 6) is 0. The van der Waals surface area contributed by atoms with Crippen LogP contribution in [0.5, 0.6) is 0 Å². The van der Waals surface area contributed by atoms with E-state index in [0.717, 1.165) is 29.9 Å². The molecule has 0 amide bonds. The zero-order chi connectivity index (χ0) is 43.4. The molecule has 2 N–H and O–H groups in total. The van der Waals surface area contributed by atoms with Crippen LogP contribution in [-0.4, -0.2) is 7.05 Å². The molecule has 0 atom stereocenters. The molecule has 0 aromatic heterocycles. The second-order valence-corrected chi connectivity index (χ2v) is 15.1. The third-order valence-corrected chi connectivity index (χ3v) is 10.4. The number of nitrogens with one attached hydrogen (secondary N) is 2. The molecule has 2 nitrogen and oxygen atoms in total. The van der Waals surface area contributed by atoms with Crippen molar-refractivity contribution < 1.29 is 0 Å². The third kappa shape index (κ3) is 12.5. The first kappa shape index (κ1) is 44.1. The van der Waals surface area contributed by atoms with Crippen LogP contribution in [-0.2, 0) is 6.42 Å². The lowest BCUT2D eigenvalue weighted by atomic mass is 9.98. The van der Waals surface area contributed by atoms with Crippen LogP contribution in [0.15, 0.2) is 248 Å². The molecule has 8 aromatic carbocycles. The second kappa shape index (κ2) is 23.4. The van der Waals surface area contributed by atoms with Gasteiger partial charge in [-0.1, -0.05) is 237 Å². The van der Waals surface area contributed by atoms with Gasteiger partial charge in [0.2, 0.25) is 0 Å². The van der Waals surface area contributed by atoms with Gasteiger partial charge >= 0.3 is 0 Å². The number of hydrogen-bond acceptors (Lipinski definition) is 2. The topological polar surface area (TPSA) is 24.1 Å². The summed E-state index contributed by atoms with van der Waals surface area (Å²) in [4.78, 5) is 0. The first-order valence-electron chi connectivity index (χ1n) is 21.5. The number of anilines is 3. The van der Waals surface area contributed by atoms with Crippen molar-refractivity contribution in [2.75, 3.05) is 17.7 Å². The maximum absolute atomic E-state index is 3.60. The quantitative estimate of drug-likeness (QED) is 0.0993. The number of hydrogen-bond donors (Lipinski definition) is 2. The first-order valence-corrected chi connectivity index (χ1v) is 21.5. The Kier molecular flexibility index (Phi) is 16.7. The highest BCUT2D eigenvalue weighted by Crippen LogP contribution is 2.41. The molecule has 8 aromatic rings. The van der Waals surface area contributed by atoms with E-state index in [1.807, 2.05) is 67.8 Å². The summed E-state index contributed by atoms with van der Waals surface area (Å²) in [6.07, 6.45) is 24.6. The van der Waals surface area contributed by atoms with E-state index in [9.17, 15) is 0 Å². The van der Waals surface area contributed by atoms with Crippen molar-refractivity contribution in [1.29, 1.82) is 0 Å². The second-order valence-electron chi connectivity index (χ2n) is 15.1. The van der Waals surface area contributed by atoms with Crippen LogP contribution in [0.4, 0.5) is 17.1 Å². The van der Waals surface area contributed by atoms with Crippen molar-refractivity contribution in [2.24, 2.45) is 0 Å². The predicted molar refractivity (Wildman–Crippen MR) is 276 cm³/mol. The summed E-state index contributed by atoms with van der Waals surface area (Å²) in [5.41, 5.74) is 8.58. The maximum atomic E-state index is 3.60. The number of rotatable bonds is 6. The SMILES string of the molecule is C=CCC.CC1=C/C=C(C)\C=C/C=C/C=C/C=C\1.CNc1c(Nc2ccccc2)c2ccccc2c2ccccc12.c1ccc2cc(Cc3ccc4ccccc4c3)ccc2c1. The Labute approximate surface area is 369 Å². The number of para-hydroxylation sites is 1. The molecular formula is C60H58N2. The lowest BCUT2D eigenvalue weighted by molar-refractivity contribution is 1.21. The summed E-state index contributed by atoms with van der Waals surface area (Å²) in [7, 11) is 1.98. The van der Waals surface area contributed by atoms with Crippen molar-refractivity contribution in [3.05, 3.63) is 259 Å². The van der Waals surface area contributed by atoms with E-state index in [1.54, 1.807) is 0 Å². The van der Waals surface area contributed by atoms with E-state index in [4.69, 9.17) is 0 Å². The molecule has 0 heterocycles. The first-order chi connectivity index (χ1) is 30.5. The van der Waals surface area contributed by atoms with Crippen LogP contribution in [0.25, 0.3) is 43.1 Å². The summed E-state index contributed by atoms with van der Waals surface area (Å²) in [6.45, 7) is 9.74. The van der Waals surface area contributed by atoms with Gasteiger partial charge in [0.15, 0.2) is 0 Å². The minimum absolute atomic E-state index is 0.982. The highest BCUT2D eigenvalue weighted by molar-refractivity contribution is 6.20. The van der Waals surface area contributed by atoms with Gasteiger partial charge in [-0.25, -0.2) is 0 Å². The van der Waals surface area contributed by atoms with E-state index in [1.165, 1.54) is 65.4 Å². The molecule has 0 unspecified atom stereocenters. The average Bonchev–Trinajstić information content (AvgIpc) is 3.32. The molecule has 308 valence electrons. The van der Waals surface area contributed by atoms with E-state index >= 15 is 0 Å². The number of benzene rings is 8. The molecule has 0 spiro atoms. The Bertz CT molecular complexity index is 2790. The fourth-order valence-electron chi connectivity index (χ4n) is 7.18. The summed E-state index contributed by atoms with van der Waals surface area (Å²) in [6, 6.07) is 57.9. The lowest BCUT2D eigenvalue weighted by Crippen LogP contribution is -1.99. The monoisotopic (exact) mass is 806 g/mol. The fourth-order valence-corrected chi connectivity index (χ4v) is 7.18. The van der Waals surface area contributed by atoms with Crippen LogP contribution in [0.1, 0.15) is 38.3 Å². The normalized spacial score (nSPS) is 15.7. The molecule has 0 saturated heterocycles. The molecule has 62 heavy (non-hydrogen) atoms. The molecular weight excluding hydrogens is 749 g/mol. The van der Waals surface area contributed by atoms with E-state index in [0.29, 0.717) is 0 Å². The minimum atomic E-state index is 0.982. The molecule has 2 heteroatoms. The molecule has 1 aliphatic rings. The van der Waals surface area contributed by atoms with E-state index in [2.05, 4.69) is 208 Å². The number of allylic oxidation sites excluding steroid dienone is 13. The van der Waals surface area contributed by atoms with Crippen molar-refractivity contribution in [2.45, 2.75) is 33.6 Å². The van der Waals surface area contributed by atoms with E-state index in [-0.39, 0.29) is 0 Å². The zero-order valence-electron chi connectivity index (χ0n) is 36.6. The standard InChI is InChI=1S/C21H18N2.C21H16.C14H16.C4H8/c1-22-20-18-13-7-5-11-16(18)17-12-6-8-14-19(17)21(20)23-15-9-3-2-4-10-15;1-3-7-20-14-16(9-11-18(20)5-1)13-17-10-12-19-6-2-4-8-21(19)15-17;1-13-9-7-5-3-4-6-8-10-14(2)12-11-13;1-3-4-2/h2-14,22-23H,1H3;1-12,14-15H,13H2;3-12H,1-2H3;3H,1,4H2,2H3/b;;4-3?,5-3+,6-4+,7-5?,8-6?,9-7-,10-8-,12-11?,13-9?,13-11-,14-10?,14-12-;. The summed E-state index contributed by atoms with van der Waals surface area (Å²) in [5, 5.41) is 17.2. The minimum Gasteiger partial charge on any atom is -0.386 e. The van der Waals surface area contributed by atoms with Crippen molar-refractivity contribution in [3.63, 3.8) is 0 Å². The predicted octanol–water partition coefficient (Wildman–Crippen LogP) is 17.1. The van der Waals surface area contributed by atoms with Crippen LogP contribution in [0.3, 0.4) is 0 Å². The van der Waals surface area contributed by atoms with Gasteiger partial charge in [0, 0.05) is 23.5 Å². The Morgan fingerprint density at radius 2 is 0.855 bits per heavy atom. The Morgan fingerprint density at radius 3 is 1.32 bits per heavy atom. The van der Waals surface area contributed by atoms with Gasteiger partial charge in [0.1, 0.15) is 0 Å². The largest absolute Gasteiger partial charge is 0.386 e. The average molecular weight is 807 g/mol. The van der Waals surface area contributed by atoms with Gasteiger partial charge in [-0.2, -0.15) is 0 Å². The maximum Gasteiger partial charge on any atom is 0.0706 e. The highest BCUT2D eigenvalue weighted by Gasteiger charge is 2.13. The van der Waals surface area contributed by atoms with Gasteiger partial charge in [-0.3, -0.25) is 0 Å². The van der Waals surface area contributed by atoms with Gasteiger partial charge in [-0.05, 0) is 82.3 Å². The molecule has 0 bridgehead atoms. The van der Waals surface area contributed by atoms with Crippen molar-refractivity contribution >= 4 is 60.2 Å². The van der Waals surface area contributed by atoms with Gasteiger partial charge in [0.25, 0.3) is 0 Å². The van der Waals surface area contributed by atoms with Crippen molar-refractivity contribution in [3.8, 4) is 0 Å². The molecule has 0 fully saturated rings. The van der Waals surface area contributed by atoms with Crippen LogP contribution >= 0.6 is 0 Å². The molecule has 0 aliphatic heterocycles. The van der Waals surface area contributed by atoms with E-state index < -0.39 is 0 Å². The third-order valence-electron chi connectivity index (χ3n) is 10.4. The van der Waals surface area contributed by atoms with Gasteiger partial charge < -0.3 is 10.6 Å². The lowest BCUT2D eigenvalue weighted by Gasteiger charge is -2.18. The van der Waals surface area contributed by atoms with Crippen molar-refractivity contribution in [1.82, 2.24) is 0 Å². The Balaban J connectivity index is 0.000000153. The zero-order valence-corrected chi connectivity index (χ0v) is 36.6.